The first-order valence-corrected chi connectivity index (χ1v) is 7.31. The molecule has 1 aliphatic carbocycles. The van der Waals surface area contributed by atoms with Gasteiger partial charge >= 0.3 is 0 Å². The molecule has 1 aromatic rings. The van der Waals surface area contributed by atoms with Gasteiger partial charge in [-0.05, 0) is 49.3 Å². The predicted octanol–water partition coefficient (Wildman–Crippen LogP) is 2.25. The number of nitrogen functional groups attached to an aromatic ring is 1. The van der Waals surface area contributed by atoms with Crippen molar-refractivity contribution in [3.63, 3.8) is 0 Å². The number of aryl methyl sites for hydroxylation is 1. The monoisotopic (exact) mass is 276 g/mol. The van der Waals surface area contributed by atoms with Crippen LogP contribution in [0.5, 0.6) is 0 Å². The molecule has 4 nitrogen and oxygen atoms in total. The van der Waals surface area contributed by atoms with Gasteiger partial charge in [-0.2, -0.15) is 0 Å². The third kappa shape index (κ3) is 3.31. The number of nitrogens with two attached hydrogens (primary N) is 1. The third-order valence-electron chi connectivity index (χ3n) is 4.44. The average Bonchev–Trinajstić information content (AvgIpc) is 2.88. The summed E-state index contributed by atoms with van der Waals surface area (Å²) >= 11 is 0. The number of rotatable bonds is 5. The van der Waals surface area contributed by atoms with Crippen LogP contribution in [0, 0.1) is 12.3 Å². The van der Waals surface area contributed by atoms with Crippen LogP contribution in [0.3, 0.4) is 0 Å². The molecule has 0 bridgehead atoms. The maximum Gasteiger partial charge on any atom is 0.251 e. The Balaban J connectivity index is 2.02. The van der Waals surface area contributed by atoms with Crippen LogP contribution in [0.15, 0.2) is 18.2 Å². The van der Waals surface area contributed by atoms with Gasteiger partial charge < -0.3 is 16.2 Å². The highest BCUT2D eigenvalue weighted by Gasteiger charge is 2.33. The smallest absolute Gasteiger partial charge is 0.251 e. The average molecular weight is 276 g/mol. The molecule has 0 spiro atoms. The molecule has 4 N–H and O–H groups in total. The number of nitrogens with one attached hydrogen (secondary N) is 1. The standard InChI is InChI=1S/C16H24N2O2/c1-12-4-5-13(17)10-14(12)15(20)18-11-16(8-9-19)6-2-3-7-16/h4-5,10,19H,2-3,6-9,11,17H2,1H3,(H,18,20). The Hall–Kier alpha value is -1.55. The molecule has 1 saturated carbocycles. The minimum Gasteiger partial charge on any atom is -0.399 e. The summed E-state index contributed by atoms with van der Waals surface area (Å²) in [4.78, 5) is 12.3. The van der Waals surface area contributed by atoms with Crippen LogP contribution in [0.1, 0.15) is 48.0 Å². The van der Waals surface area contributed by atoms with Gasteiger partial charge in [-0.15, -0.1) is 0 Å². The molecular formula is C16H24N2O2. The van der Waals surface area contributed by atoms with Crippen LogP contribution in [0.25, 0.3) is 0 Å². The van der Waals surface area contributed by atoms with Gasteiger partial charge in [-0.25, -0.2) is 0 Å². The minimum atomic E-state index is -0.0704. The van der Waals surface area contributed by atoms with Crippen LogP contribution < -0.4 is 11.1 Å². The summed E-state index contributed by atoms with van der Waals surface area (Å²) in [7, 11) is 0. The predicted molar refractivity (Wildman–Crippen MR) is 80.5 cm³/mol. The Morgan fingerprint density at radius 1 is 1.40 bits per heavy atom. The molecule has 0 aromatic heterocycles. The van der Waals surface area contributed by atoms with Crippen molar-refractivity contribution in [1.82, 2.24) is 5.32 Å². The number of hydrogen-bond acceptors (Lipinski definition) is 3. The highest BCUT2D eigenvalue weighted by molar-refractivity contribution is 5.96. The van der Waals surface area contributed by atoms with Crippen molar-refractivity contribution in [1.29, 1.82) is 0 Å². The first kappa shape index (κ1) is 14.9. The van der Waals surface area contributed by atoms with E-state index in [2.05, 4.69) is 5.32 Å². The largest absolute Gasteiger partial charge is 0.399 e. The fourth-order valence-corrected chi connectivity index (χ4v) is 3.12. The Morgan fingerprint density at radius 3 is 2.75 bits per heavy atom. The lowest BCUT2D eigenvalue weighted by atomic mass is 9.83. The van der Waals surface area contributed by atoms with Crippen LogP contribution in [0.2, 0.25) is 0 Å². The molecule has 1 aliphatic rings. The normalized spacial score (nSPS) is 17.1. The van der Waals surface area contributed by atoms with Crippen molar-refractivity contribution >= 4 is 11.6 Å². The molecule has 20 heavy (non-hydrogen) atoms. The van der Waals surface area contributed by atoms with Crippen LogP contribution in [-0.4, -0.2) is 24.2 Å². The van der Waals surface area contributed by atoms with Gasteiger partial charge in [0.2, 0.25) is 0 Å². The van der Waals surface area contributed by atoms with E-state index in [4.69, 9.17) is 5.73 Å². The lowest BCUT2D eigenvalue weighted by molar-refractivity contribution is 0.0916. The van der Waals surface area contributed by atoms with Crippen LogP contribution >= 0.6 is 0 Å². The number of anilines is 1. The SMILES string of the molecule is Cc1ccc(N)cc1C(=O)NCC1(CCO)CCCC1. The highest BCUT2D eigenvalue weighted by Crippen LogP contribution is 2.40. The second-order valence-corrected chi connectivity index (χ2v) is 5.94. The van der Waals surface area contributed by atoms with Crippen molar-refractivity contribution in [2.75, 3.05) is 18.9 Å². The zero-order chi connectivity index (χ0) is 14.6. The van der Waals surface area contributed by atoms with Crippen molar-refractivity contribution in [3.05, 3.63) is 29.3 Å². The van der Waals surface area contributed by atoms with E-state index >= 15 is 0 Å². The summed E-state index contributed by atoms with van der Waals surface area (Å²) in [5.41, 5.74) is 8.00. The van der Waals surface area contributed by atoms with Crippen molar-refractivity contribution in [2.24, 2.45) is 5.41 Å². The summed E-state index contributed by atoms with van der Waals surface area (Å²) in [5, 5.41) is 12.3. The lowest BCUT2D eigenvalue weighted by Crippen LogP contribution is -2.36. The first-order chi connectivity index (χ1) is 9.56. The molecule has 2 rings (SSSR count). The fraction of sp³-hybridized carbons (Fsp3) is 0.562. The van der Waals surface area contributed by atoms with Gasteiger partial charge in [0.1, 0.15) is 0 Å². The fourth-order valence-electron chi connectivity index (χ4n) is 3.12. The Kier molecular flexibility index (Phi) is 4.65. The summed E-state index contributed by atoms with van der Waals surface area (Å²) < 4.78 is 0. The number of aliphatic hydroxyl groups is 1. The van der Waals surface area contributed by atoms with Gasteiger partial charge in [-0.1, -0.05) is 18.9 Å². The van der Waals surface area contributed by atoms with E-state index in [1.165, 1.54) is 12.8 Å². The Bertz CT molecular complexity index is 479. The molecule has 1 fully saturated rings. The molecular weight excluding hydrogens is 252 g/mol. The number of carbonyl (C=O) groups excluding carboxylic acids is 1. The summed E-state index contributed by atoms with van der Waals surface area (Å²) in [6.45, 7) is 2.74. The maximum atomic E-state index is 12.3. The highest BCUT2D eigenvalue weighted by atomic mass is 16.3. The first-order valence-electron chi connectivity index (χ1n) is 7.31. The molecule has 110 valence electrons. The molecule has 0 saturated heterocycles. The van der Waals surface area contributed by atoms with Gasteiger partial charge in [0.25, 0.3) is 5.91 Å². The third-order valence-corrected chi connectivity index (χ3v) is 4.44. The van der Waals surface area contributed by atoms with Crippen molar-refractivity contribution in [2.45, 2.75) is 39.0 Å². The molecule has 1 amide bonds. The van der Waals surface area contributed by atoms with Gasteiger partial charge in [-0.3, -0.25) is 4.79 Å². The van der Waals surface area contributed by atoms with E-state index < -0.39 is 0 Å². The molecule has 0 heterocycles. The van der Waals surface area contributed by atoms with Gasteiger partial charge in [0.15, 0.2) is 0 Å². The van der Waals surface area contributed by atoms with Crippen LogP contribution in [-0.2, 0) is 0 Å². The Labute approximate surface area is 120 Å². The van der Waals surface area contributed by atoms with Crippen molar-refractivity contribution in [3.8, 4) is 0 Å². The number of hydrogen-bond donors (Lipinski definition) is 3. The number of amides is 1. The van der Waals surface area contributed by atoms with E-state index in [9.17, 15) is 9.90 Å². The number of benzene rings is 1. The quantitative estimate of drug-likeness (QED) is 0.722. The van der Waals surface area contributed by atoms with E-state index in [1.807, 2.05) is 13.0 Å². The summed E-state index contributed by atoms with van der Waals surface area (Å²) in [5.74, 6) is -0.0704. The minimum absolute atomic E-state index is 0.0704. The molecule has 4 heteroatoms. The molecule has 0 unspecified atom stereocenters. The number of aliphatic hydroxyl groups excluding tert-OH is 1. The Morgan fingerprint density at radius 2 is 2.10 bits per heavy atom. The molecule has 0 aliphatic heterocycles. The summed E-state index contributed by atoms with van der Waals surface area (Å²) in [6.07, 6.45) is 5.32. The van der Waals surface area contributed by atoms with Crippen molar-refractivity contribution < 1.29 is 9.90 Å². The van der Waals surface area contributed by atoms with E-state index in [0.717, 1.165) is 24.8 Å². The summed E-state index contributed by atoms with van der Waals surface area (Å²) in [6, 6.07) is 5.39. The van der Waals surface area contributed by atoms with E-state index in [-0.39, 0.29) is 17.9 Å². The number of carbonyl (C=O) groups is 1. The van der Waals surface area contributed by atoms with Crippen LogP contribution in [0.4, 0.5) is 5.69 Å². The molecule has 1 aromatic carbocycles. The molecule has 0 radical (unpaired) electrons. The maximum absolute atomic E-state index is 12.3. The zero-order valence-electron chi connectivity index (χ0n) is 12.1. The van der Waals surface area contributed by atoms with Gasteiger partial charge in [0.05, 0.1) is 0 Å². The van der Waals surface area contributed by atoms with E-state index in [0.29, 0.717) is 17.8 Å². The second-order valence-electron chi connectivity index (χ2n) is 5.94. The second kappa shape index (κ2) is 6.27. The molecule has 0 atom stereocenters. The van der Waals surface area contributed by atoms with Gasteiger partial charge in [0, 0.05) is 24.4 Å². The van der Waals surface area contributed by atoms with E-state index in [1.54, 1.807) is 12.1 Å². The topological polar surface area (TPSA) is 75.4 Å². The lowest BCUT2D eigenvalue weighted by Gasteiger charge is -2.28. The zero-order valence-corrected chi connectivity index (χ0v) is 12.1.